The summed E-state index contributed by atoms with van der Waals surface area (Å²) in [5, 5.41) is 4.34. The van der Waals surface area contributed by atoms with E-state index >= 15 is 4.57 Å². The molecule has 0 aliphatic heterocycles. The molecule has 0 unspecified atom stereocenters. The van der Waals surface area contributed by atoms with Crippen molar-refractivity contribution in [3.63, 3.8) is 0 Å². The highest BCUT2D eigenvalue weighted by molar-refractivity contribution is 7.67. The first-order valence-electron chi connectivity index (χ1n) is 11.9. The predicted molar refractivity (Wildman–Crippen MR) is 140 cm³/mol. The summed E-state index contributed by atoms with van der Waals surface area (Å²) in [5.41, 5.74) is 4.15. The lowest BCUT2D eigenvalue weighted by Crippen LogP contribution is -2.25. The van der Waals surface area contributed by atoms with Gasteiger partial charge < -0.3 is 14.7 Å². The molecule has 0 radical (unpaired) electrons. The fourth-order valence-corrected chi connectivity index (χ4v) is 7.07. The van der Waals surface area contributed by atoms with E-state index in [4.69, 9.17) is 4.52 Å². The number of nitrogens with one attached hydrogen (secondary N) is 1. The van der Waals surface area contributed by atoms with Gasteiger partial charge in [0.2, 0.25) is 0 Å². The van der Waals surface area contributed by atoms with Crippen molar-refractivity contribution >= 4 is 24.0 Å². The number of aryl methyl sites for hydroxylation is 1. The third-order valence-corrected chi connectivity index (χ3v) is 9.13. The minimum absolute atomic E-state index is 0.0173. The van der Waals surface area contributed by atoms with E-state index in [1.807, 2.05) is 68.7 Å². The molecule has 4 rings (SSSR count). The Labute approximate surface area is 198 Å². The van der Waals surface area contributed by atoms with Crippen LogP contribution in [0.2, 0.25) is 0 Å². The Bertz CT molecular complexity index is 1060. The summed E-state index contributed by atoms with van der Waals surface area (Å²) < 4.78 is 21.7. The van der Waals surface area contributed by atoms with E-state index in [0.717, 1.165) is 47.9 Å². The van der Waals surface area contributed by atoms with E-state index in [9.17, 15) is 0 Å². The smallest absolute Gasteiger partial charge is 0.258 e. The fourth-order valence-electron chi connectivity index (χ4n) is 4.43. The van der Waals surface area contributed by atoms with Crippen LogP contribution < -0.4 is 15.5 Å². The molecule has 2 atom stereocenters. The van der Waals surface area contributed by atoms with Crippen molar-refractivity contribution in [3.05, 3.63) is 90.0 Å². The highest BCUT2D eigenvalue weighted by Crippen LogP contribution is 2.60. The summed E-state index contributed by atoms with van der Waals surface area (Å²) in [7, 11) is 0.694. The number of rotatable bonds is 8. The van der Waals surface area contributed by atoms with Crippen LogP contribution in [-0.4, -0.2) is 20.2 Å². The van der Waals surface area contributed by atoms with Crippen LogP contribution in [0.4, 0.5) is 11.4 Å². The van der Waals surface area contributed by atoms with E-state index < -0.39 is 13.2 Å². The molecule has 1 saturated carbocycles. The van der Waals surface area contributed by atoms with Crippen LogP contribution in [0.25, 0.3) is 0 Å². The van der Waals surface area contributed by atoms with Crippen molar-refractivity contribution in [1.82, 2.24) is 0 Å². The van der Waals surface area contributed by atoms with Crippen LogP contribution in [0.1, 0.15) is 49.0 Å². The van der Waals surface area contributed by atoms with Crippen molar-refractivity contribution in [2.45, 2.75) is 50.9 Å². The molecular formula is C28H35N2O2P. The lowest BCUT2D eigenvalue weighted by molar-refractivity contribution is 0.159. The topological polar surface area (TPSA) is 41.6 Å². The Morgan fingerprint density at radius 2 is 1.52 bits per heavy atom. The van der Waals surface area contributed by atoms with Gasteiger partial charge in [-0.15, -0.1) is 0 Å². The zero-order valence-electron chi connectivity index (χ0n) is 19.9. The Hall–Kier alpha value is -2.55. The second-order valence-electron chi connectivity index (χ2n) is 9.20. The van der Waals surface area contributed by atoms with Crippen molar-refractivity contribution < 1.29 is 9.09 Å². The second kappa shape index (κ2) is 10.6. The molecule has 3 aromatic rings. The maximum Gasteiger partial charge on any atom is 0.258 e. The number of anilines is 2. The zero-order chi connectivity index (χ0) is 23.3. The molecular weight excluding hydrogens is 427 g/mol. The van der Waals surface area contributed by atoms with Crippen molar-refractivity contribution in [3.8, 4) is 0 Å². The zero-order valence-corrected chi connectivity index (χ0v) is 20.8. The van der Waals surface area contributed by atoms with Crippen LogP contribution in [-0.2, 0) is 9.09 Å². The number of para-hydroxylation sites is 1. The molecule has 0 saturated heterocycles. The van der Waals surface area contributed by atoms with Crippen LogP contribution in [0, 0.1) is 6.92 Å². The van der Waals surface area contributed by atoms with E-state index in [1.165, 1.54) is 12.0 Å². The fraction of sp³-hybridized carbons (Fsp3) is 0.357. The minimum atomic E-state index is -3.33. The van der Waals surface area contributed by atoms with Gasteiger partial charge in [0.1, 0.15) is 5.78 Å². The quantitative estimate of drug-likeness (QED) is 0.362. The predicted octanol–water partition coefficient (Wildman–Crippen LogP) is 7.12. The van der Waals surface area contributed by atoms with Crippen molar-refractivity contribution in [1.29, 1.82) is 0 Å². The van der Waals surface area contributed by atoms with Gasteiger partial charge >= 0.3 is 0 Å². The SMILES string of the molecule is Cc1ccc([C@@H](Nc2ccccc2)[P@@](=O)(OC2CCCCC2)c2ccc(N(C)C)cc2)cc1. The second-order valence-corrected chi connectivity index (χ2v) is 11.6. The average molecular weight is 463 g/mol. The van der Waals surface area contributed by atoms with Crippen LogP contribution in [0.5, 0.6) is 0 Å². The minimum Gasteiger partial charge on any atom is -0.378 e. The van der Waals surface area contributed by atoms with E-state index in [1.54, 1.807) is 0 Å². The molecule has 1 aliphatic carbocycles. The van der Waals surface area contributed by atoms with Gasteiger partial charge in [-0.3, -0.25) is 4.57 Å². The third kappa shape index (κ3) is 5.69. The molecule has 5 heteroatoms. The highest BCUT2D eigenvalue weighted by atomic mass is 31.2. The maximum absolute atomic E-state index is 15.1. The van der Waals surface area contributed by atoms with Gasteiger partial charge in [0.15, 0.2) is 0 Å². The van der Waals surface area contributed by atoms with Gasteiger partial charge in [-0.1, -0.05) is 67.3 Å². The molecule has 0 spiro atoms. The Kier molecular flexibility index (Phi) is 7.57. The maximum atomic E-state index is 15.1. The molecule has 0 heterocycles. The standard InChI is InChI=1S/C28H35N2O2P/c1-22-14-16-23(17-15-22)28(29-24-10-6-4-7-11-24)33(31,32-26-12-8-5-9-13-26)27-20-18-25(19-21-27)30(2)3/h4,6-7,10-11,14-21,26,28-29H,5,8-9,12-13H2,1-3H3/t28-,33-/m0/s1. The summed E-state index contributed by atoms with van der Waals surface area (Å²) in [5.74, 6) is -0.479. The van der Waals surface area contributed by atoms with Crippen molar-refractivity contribution in [2.24, 2.45) is 0 Å². The molecule has 1 N–H and O–H groups in total. The lowest BCUT2D eigenvalue weighted by Gasteiger charge is -2.34. The molecule has 0 bridgehead atoms. The van der Waals surface area contributed by atoms with Gasteiger partial charge in [0.05, 0.1) is 6.10 Å². The van der Waals surface area contributed by atoms with Crippen LogP contribution in [0.15, 0.2) is 78.9 Å². The van der Waals surface area contributed by atoms with Crippen LogP contribution in [0.3, 0.4) is 0 Å². The molecule has 3 aromatic carbocycles. The molecule has 0 amide bonds. The van der Waals surface area contributed by atoms with E-state index in [-0.39, 0.29) is 6.10 Å². The highest BCUT2D eigenvalue weighted by Gasteiger charge is 2.40. The molecule has 4 nitrogen and oxygen atoms in total. The lowest BCUT2D eigenvalue weighted by atomic mass is 9.98. The first kappa shape index (κ1) is 23.6. The van der Waals surface area contributed by atoms with Crippen molar-refractivity contribution in [2.75, 3.05) is 24.3 Å². The Morgan fingerprint density at radius 3 is 2.12 bits per heavy atom. The monoisotopic (exact) mass is 462 g/mol. The first-order valence-corrected chi connectivity index (χ1v) is 13.6. The molecule has 33 heavy (non-hydrogen) atoms. The average Bonchev–Trinajstić information content (AvgIpc) is 2.84. The van der Waals surface area contributed by atoms with E-state index in [0.29, 0.717) is 0 Å². The summed E-state index contributed by atoms with van der Waals surface area (Å²) in [6.07, 6.45) is 5.43. The molecule has 1 aliphatic rings. The molecule has 174 valence electrons. The van der Waals surface area contributed by atoms with Crippen LogP contribution >= 0.6 is 7.37 Å². The third-order valence-electron chi connectivity index (χ3n) is 6.39. The summed E-state index contributed by atoms with van der Waals surface area (Å²) in [6.45, 7) is 2.07. The van der Waals surface area contributed by atoms with Gasteiger partial charge in [0.25, 0.3) is 7.37 Å². The molecule has 1 fully saturated rings. The number of benzene rings is 3. The normalized spacial score (nSPS) is 17.2. The summed E-state index contributed by atoms with van der Waals surface area (Å²) >= 11 is 0. The summed E-state index contributed by atoms with van der Waals surface area (Å²) in [4.78, 5) is 2.05. The summed E-state index contributed by atoms with van der Waals surface area (Å²) in [6, 6.07) is 26.3. The van der Waals surface area contributed by atoms with Gasteiger partial charge in [0, 0.05) is 30.8 Å². The number of hydrogen-bond donors (Lipinski definition) is 1. The number of hydrogen-bond acceptors (Lipinski definition) is 4. The van der Waals surface area contributed by atoms with Gasteiger partial charge in [-0.25, -0.2) is 0 Å². The van der Waals surface area contributed by atoms with Gasteiger partial charge in [-0.2, -0.15) is 0 Å². The Morgan fingerprint density at radius 1 is 0.879 bits per heavy atom. The Balaban J connectivity index is 1.80. The first-order chi connectivity index (χ1) is 16.0. The van der Waals surface area contributed by atoms with Gasteiger partial charge in [-0.05, 0) is 61.7 Å². The number of nitrogens with zero attached hydrogens (tertiary/aromatic N) is 1. The molecule has 0 aromatic heterocycles. The van der Waals surface area contributed by atoms with E-state index in [2.05, 4.69) is 41.4 Å². The largest absolute Gasteiger partial charge is 0.378 e.